The molecule has 3 heterocycles. The number of ether oxygens (including phenoxy) is 1. The van der Waals surface area contributed by atoms with Crippen LogP contribution >= 0.6 is 22.7 Å². The van der Waals surface area contributed by atoms with E-state index in [1.54, 1.807) is 13.8 Å². The van der Waals surface area contributed by atoms with Crippen molar-refractivity contribution in [1.82, 2.24) is 4.57 Å². The van der Waals surface area contributed by atoms with Crippen molar-refractivity contribution in [2.45, 2.75) is 19.9 Å². The molecule has 0 saturated carbocycles. The molecule has 1 aromatic carbocycles. The molecule has 0 unspecified atom stereocenters. The number of fused-ring (bicyclic) bond motifs is 1. The minimum atomic E-state index is -0.776. The van der Waals surface area contributed by atoms with Gasteiger partial charge >= 0.3 is 5.97 Å². The van der Waals surface area contributed by atoms with Crippen LogP contribution in [0.1, 0.15) is 30.3 Å². The summed E-state index contributed by atoms with van der Waals surface area (Å²) in [6.07, 6.45) is 1.33. The Morgan fingerprint density at radius 1 is 1.34 bits per heavy atom. The van der Waals surface area contributed by atoms with Crippen molar-refractivity contribution in [3.05, 3.63) is 87.2 Å². The molecule has 0 aliphatic carbocycles. The average molecular weight is 471 g/mol. The van der Waals surface area contributed by atoms with Crippen LogP contribution in [-0.2, 0) is 9.53 Å². The van der Waals surface area contributed by atoms with Crippen LogP contribution in [0, 0.1) is 10.1 Å². The highest BCUT2D eigenvalue weighted by Crippen LogP contribution is 2.33. The third-order valence-electron chi connectivity index (χ3n) is 4.84. The number of nitro groups is 1. The van der Waals surface area contributed by atoms with Crippen molar-refractivity contribution in [3.8, 4) is 5.75 Å². The summed E-state index contributed by atoms with van der Waals surface area (Å²) < 4.78 is 6.80. The molecule has 11 heteroatoms. The van der Waals surface area contributed by atoms with Gasteiger partial charge < -0.3 is 9.84 Å². The zero-order valence-electron chi connectivity index (χ0n) is 16.9. The Morgan fingerprint density at radius 2 is 2.12 bits per heavy atom. The number of carbonyl (C=O) groups excluding carboxylic acids is 1. The predicted molar refractivity (Wildman–Crippen MR) is 117 cm³/mol. The number of hydrogen-bond donors (Lipinski definition) is 0. The first kappa shape index (κ1) is 21.7. The highest BCUT2D eigenvalue weighted by atomic mass is 32.1. The van der Waals surface area contributed by atoms with Crippen molar-refractivity contribution < 1.29 is 19.6 Å². The summed E-state index contributed by atoms with van der Waals surface area (Å²) in [6.45, 7) is 3.55. The summed E-state index contributed by atoms with van der Waals surface area (Å²) in [5.74, 6) is -1.33. The van der Waals surface area contributed by atoms with Gasteiger partial charge in [-0.05, 0) is 42.7 Å². The Labute approximate surface area is 189 Å². The molecule has 2 aromatic heterocycles. The van der Waals surface area contributed by atoms with Crippen molar-refractivity contribution in [1.29, 1.82) is 0 Å². The van der Waals surface area contributed by atoms with Gasteiger partial charge in [0, 0.05) is 10.9 Å². The topological polar surface area (TPSA) is 127 Å². The Kier molecular flexibility index (Phi) is 5.76. The highest BCUT2D eigenvalue weighted by molar-refractivity contribution is 7.10. The smallest absolute Gasteiger partial charge is 0.338 e. The summed E-state index contributed by atoms with van der Waals surface area (Å²) in [6, 6.07) is 6.85. The van der Waals surface area contributed by atoms with E-state index in [4.69, 9.17) is 4.74 Å². The fourth-order valence-electron chi connectivity index (χ4n) is 3.45. The van der Waals surface area contributed by atoms with E-state index in [9.17, 15) is 24.8 Å². The number of thiazole rings is 1. The third kappa shape index (κ3) is 3.65. The van der Waals surface area contributed by atoms with Crippen molar-refractivity contribution >= 4 is 40.4 Å². The number of para-hydroxylation sites is 1. The zero-order chi connectivity index (χ0) is 23.0. The lowest BCUT2D eigenvalue weighted by atomic mass is 10.0. The van der Waals surface area contributed by atoms with E-state index in [0.29, 0.717) is 10.5 Å². The highest BCUT2D eigenvalue weighted by Gasteiger charge is 2.33. The molecule has 0 radical (unpaired) electrons. The van der Waals surface area contributed by atoms with Crippen LogP contribution in [-0.4, -0.2) is 22.1 Å². The van der Waals surface area contributed by atoms with Crippen molar-refractivity contribution in [3.63, 3.8) is 0 Å². The molecule has 0 fully saturated rings. The Morgan fingerprint density at radius 3 is 2.78 bits per heavy atom. The molecular formula is C21H16N3O6S2-. The van der Waals surface area contributed by atoms with Gasteiger partial charge in [-0.3, -0.25) is 19.5 Å². The lowest BCUT2D eigenvalue weighted by Gasteiger charge is -2.23. The van der Waals surface area contributed by atoms with E-state index < -0.39 is 33.9 Å². The number of nitro benzene ring substituents is 1. The maximum Gasteiger partial charge on any atom is 0.338 e. The molecule has 0 N–H and O–H groups in total. The first-order chi connectivity index (χ1) is 15.3. The van der Waals surface area contributed by atoms with Crippen LogP contribution in [0.3, 0.4) is 0 Å². The number of thiophene rings is 1. The van der Waals surface area contributed by atoms with Gasteiger partial charge in [-0.1, -0.05) is 29.5 Å². The Balaban J connectivity index is 1.95. The molecular weight excluding hydrogens is 454 g/mol. The van der Waals surface area contributed by atoms with E-state index in [-0.39, 0.29) is 22.3 Å². The van der Waals surface area contributed by atoms with Crippen molar-refractivity contribution in [2.75, 3.05) is 6.61 Å². The lowest BCUT2D eigenvalue weighted by Crippen LogP contribution is -2.39. The Bertz CT molecular complexity index is 1430. The van der Waals surface area contributed by atoms with Crippen LogP contribution in [0.4, 0.5) is 5.69 Å². The molecule has 0 bridgehead atoms. The number of carbonyl (C=O) groups is 1. The molecule has 0 saturated heterocycles. The van der Waals surface area contributed by atoms with E-state index in [0.717, 1.165) is 22.3 Å². The van der Waals surface area contributed by atoms with Gasteiger partial charge in [0.15, 0.2) is 4.80 Å². The second-order valence-electron chi connectivity index (χ2n) is 6.77. The first-order valence-electron chi connectivity index (χ1n) is 9.51. The monoisotopic (exact) mass is 470 g/mol. The minimum absolute atomic E-state index is 0.0264. The number of aromatic nitrogens is 1. The largest absolute Gasteiger partial charge is 0.867 e. The second-order valence-corrected chi connectivity index (χ2v) is 8.76. The number of benzene rings is 1. The fraction of sp³-hybridized carbons (Fsp3) is 0.190. The molecule has 0 amide bonds. The quantitative estimate of drug-likeness (QED) is 0.318. The maximum absolute atomic E-state index is 13.4. The van der Waals surface area contributed by atoms with E-state index in [1.165, 1.54) is 34.1 Å². The molecule has 1 aliphatic heterocycles. The molecule has 164 valence electrons. The lowest BCUT2D eigenvalue weighted by molar-refractivity contribution is -0.398. The molecule has 0 spiro atoms. The summed E-state index contributed by atoms with van der Waals surface area (Å²) in [7, 11) is 0. The summed E-state index contributed by atoms with van der Waals surface area (Å²) in [4.78, 5) is 42.0. The number of nitrogens with zero attached hydrogens (tertiary/aromatic N) is 3. The van der Waals surface area contributed by atoms with E-state index in [1.807, 2.05) is 17.5 Å². The van der Waals surface area contributed by atoms with Gasteiger partial charge in [-0.25, -0.2) is 9.79 Å². The summed E-state index contributed by atoms with van der Waals surface area (Å²) in [5.41, 5.74) is -0.281. The van der Waals surface area contributed by atoms with Gasteiger partial charge in [-0.2, -0.15) is 0 Å². The van der Waals surface area contributed by atoms with Crippen LogP contribution in [0.15, 0.2) is 56.8 Å². The van der Waals surface area contributed by atoms with Crippen LogP contribution in [0.2, 0.25) is 0 Å². The van der Waals surface area contributed by atoms with Crippen LogP contribution in [0.5, 0.6) is 5.75 Å². The average Bonchev–Trinajstić information content (AvgIpc) is 3.37. The van der Waals surface area contributed by atoms with Crippen LogP contribution < -0.4 is 20.0 Å². The maximum atomic E-state index is 13.4. The molecule has 4 rings (SSSR count). The van der Waals surface area contributed by atoms with Crippen molar-refractivity contribution in [2.24, 2.45) is 4.99 Å². The van der Waals surface area contributed by atoms with Gasteiger partial charge in [-0.15, -0.1) is 11.3 Å². The van der Waals surface area contributed by atoms with Gasteiger partial charge in [0.2, 0.25) is 0 Å². The third-order valence-corrected chi connectivity index (χ3v) is 6.75. The standard InChI is InChI=1S/C21H17N3O6S2/c1-3-30-20(27)16-11(2)22-21-23(17(16)14-8-5-9-31-14)19(26)15(32-21)10-12-6-4-7-13(18(12)25)24(28)29/h4-10,17,25H,3H2,1-2H3/p-1/b15-10-/t17-/m0/s1. The number of esters is 1. The van der Waals surface area contributed by atoms with E-state index in [2.05, 4.69) is 4.99 Å². The predicted octanol–water partition coefficient (Wildman–Crippen LogP) is 1.84. The van der Waals surface area contributed by atoms with Crippen LogP contribution in [0.25, 0.3) is 6.08 Å². The Hall–Kier alpha value is -3.57. The zero-order valence-corrected chi connectivity index (χ0v) is 18.6. The molecule has 9 nitrogen and oxygen atoms in total. The SMILES string of the molecule is CCOC(=O)C1=C(C)N=c2s/c(=C\c3cccc([N+](=O)[O-])c3[O-])c(=O)n2[C@H]1c1cccs1. The summed E-state index contributed by atoms with van der Waals surface area (Å²) in [5, 5.41) is 25.3. The number of allylic oxidation sites excluding steroid dienone is 1. The molecule has 1 atom stereocenters. The molecule has 32 heavy (non-hydrogen) atoms. The van der Waals surface area contributed by atoms with Gasteiger partial charge in [0.05, 0.1) is 27.3 Å². The minimum Gasteiger partial charge on any atom is -0.867 e. The number of rotatable bonds is 5. The fourth-order valence-corrected chi connectivity index (χ4v) is 5.31. The van der Waals surface area contributed by atoms with Gasteiger partial charge in [0.25, 0.3) is 11.2 Å². The molecule has 3 aromatic rings. The number of hydrogen-bond acceptors (Lipinski definition) is 9. The first-order valence-corrected chi connectivity index (χ1v) is 11.2. The second kappa shape index (κ2) is 8.52. The van der Waals surface area contributed by atoms with E-state index >= 15 is 0 Å². The molecule has 1 aliphatic rings. The van der Waals surface area contributed by atoms with Gasteiger partial charge in [0.1, 0.15) is 6.04 Å². The summed E-state index contributed by atoms with van der Waals surface area (Å²) >= 11 is 2.44. The normalized spacial score (nSPS) is 15.9.